The van der Waals surface area contributed by atoms with E-state index in [2.05, 4.69) is 15.5 Å². The lowest BCUT2D eigenvalue weighted by atomic mass is 10.3. The Balaban J connectivity index is 0.00000220. The van der Waals surface area contributed by atoms with E-state index in [1.165, 1.54) is 12.1 Å². The predicted octanol–water partition coefficient (Wildman–Crippen LogP) is 1.07. The summed E-state index contributed by atoms with van der Waals surface area (Å²) in [5.41, 5.74) is 0. The zero-order valence-electron chi connectivity index (χ0n) is 12.2. The van der Waals surface area contributed by atoms with Crippen molar-refractivity contribution in [3.05, 3.63) is 30.1 Å². The van der Waals surface area contributed by atoms with Crippen molar-refractivity contribution in [3.8, 4) is 5.75 Å². The molecule has 22 heavy (non-hydrogen) atoms. The van der Waals surface area contributed by atoms with Crippen molar-refractivity contribution in [3.63, 3.8) is 0 Å². The minimum absolute atomic E-state index is 0. The van der Waals surface area contributed by atoms with E-state index in [0.717, 1.165) is 26.2 Å². The number of hydrogen-bond donors (Lipinski definition) is 2. The topological polar surface area (TPSA) is 53.6 Å². The van der Waals surface area contributed by atoms with Crippen LogP contribution in [0, 0.1) is 5.82 Å². The number of nitrogens with one attached hydrogen (secondary N) is 2. The number of rotatable bonds is 6. The molecule has 1 aliphatic heterocycles. The van der Waals surface area contributed by atoms with Gasteiger partial charge >= 0.3 is 0 Å². The summed E-state index contributed by atoms with van der Waals surface area (Å²) < 4.78 is 18.3. The van der Waals surface area contributed by atoms with Crippen LogP contribution in [-0.4, -0.2) is 56.7 Å². The van der Waals surface area contributed by atoms with Crippen LogP contribution in [-0.2, 0) is 4.79 Å². The lowest BCUT2D eigenvalue weighted by Gasteiger charge is -2.26. The Bertz CT molecular complexity index is 446. The number of ether oxygens (including phenoxy) is 1. The van der Waals surface area contributed by atoms with Crippen molar-refractivity contribution < 1.29 is 13.9 Å². The van der Waals surface area contributed by atoms with Crippen LogP contribution in [0.15, 0.2) is 24.3 Å². The van der Waals surface area contributed by atoms with Crippen LogP contribution in [0.1, 0.15) is 0 Å². The van der Waals surface area contributed by atoms with Gasteiger partial charge in [0.2, 0.25) is 5.91 Å². The normalized spacial score (nSPS) is 14.4. The van der Waals surface area contributed by atoms with E-state index in [1.54, 1.807) is 12.1 Å². The fourth-order valence-electron chi connectivity index (χ4n) is 2.04. The molecule has 0 saturated carbocycles. The minimum atomic E-state index is -0.328. The van der Waals surface area contributed by atoms with E-state index in [1.807, 2.05) is 0 Å². The molecule has 0 spiro atoms. The van der Waals surface area contributed by atoms with Gasteiger partial charge in [-0.3, -0.25) is 9.69 Å². The maximum atomic E-state index is 12.9. The van der Waals surface area contributed by atoms with Gasteiger partial charge in [-0.05, 0) is 12.1 Å². The molecule has 5 nitrogen and oxygen atoms in total. The van der Waals surface area contributed by atoms with Crippen LogP contribution in [0.2, 0.25) is 0 Å². The molecule has 0 aliphatic carbocycles. The average Bonchev–Trinajstić information content (AvgIpc) is 2.45. The fourth-order valence-corrected chi connectivity index (χ4v) is 2.04. The van der Waals surface area contributed by atoms with Crippen molar-refractivity contribution in [1.82, 2.24) is 15.5 Å². The van der Waals surface area contributed by atoms with E-state index in [9.17, 15) is 9.18 Å². The van der Waals surface area contributed by atoms with Gasteiger partial charge in [0.1, 0.15) is 18.2 Å². The summed E-state index contributed by atoms with van der Waals surface area (Å²) in [6.07, 6.45) is 0. The number of piperazine rings is 1. The molecule has 1 aromatic rings. The van der Waals surface area contributed by atoms with Gasteiger partial charge in [-0.1, -0.05) is 6.07 Å². The van der Waals surface area contributed by atoms with Crippen molar-refractivity contribution in [2.24, 2.45) is 0 Å². The molecule has 1 aromatic carbocycles. The van der Waals surface area contributed by atoms with Crippen LogP contribution in [0.3, 0.4) is 0 Å². The summed E-state index contributed by atoms with van der Waals surface area (Å²) in [5.74, 6) is 0.140. The van der Waals surface area contributed by atoms with Crippen molar-refractivity contribution in [2.45, 2.75) is 0 Å². The third-order valence-corrected chi connectivity index (χ3v) is 3.07. The largest absolute Gasteiger partial charge is 0.492 e. The molecule has 0 bridgehead atoms. The lowest BCUT2D eigenvalue weighted by Crippen LogP contribution is -2.47. The number of nitrogens with zero attached hydrogens (tertiary/aromatic N) is 1. The van der Waals surface area contributed by atoms with Crippen LogP contribution < -0.4 is 15.4 Å². The first-order chi connectivity index (χ1) is 9.74. The first-order valence-corrected chi connectivity index (χ1v) is 6.82. The van der Waals surface area contributed by atoms with E-state index in [4.69, 9.17) is 4.74 Å². The van der Waals surface area contributed by atoms with Crippen LogP contribution in [0.4, 0.5) is 4.39 Å². The lowest BCUT2D eigenvalue weighted by molar-refractivity contribution is -0.122. The zero-order valence-corrected chi connectivity index (χ0v) is 13.9. The zero-order chi connectivity index (χ0) is 14.2. The summed E-state index contributed by atoms with van der Waals surface area (Å²) in [6.45, 7) is 4.81. The second-order valence-electron chi connectivity index (χ2n) is 4.68. The third kappa shape index (κ3) is 7.79. The first kappa shape index (κ1) is 20.9. The highest BCUT2D eigenvalue weighted by Crippen LogP contribution is 2.11. The second-order valence-corrected chi connectivity index (χ2v) is 4.68. The highest BCUT2D eigenvalue weighted by atomic mass is 35.5. The molecule has 126 valence electrons. The molecule has 1 heterocycles. The molecular weight excluding hydrogens is 332 g/mol. The minimum Gasteiger partial charge on any atom is -0.492 e. The number of benzene rings is 1. The smallest absolute Gasteiger partial charge is 0.234 e. The summed E-state index contributed by atoms with van der Waals surface area (Å²) >= 11 is 0. The van der Waals surface area contributed by atoms with Gasteiger partial charge in [-0.2, -0.15) is 0 Å². The SMILES string of the molecule is Cl.Cl.O=C(CN1CCNCC1)NCCOc1cccc(F)c1. The van der Waals surface area contributed by atoms with Gasteiger partial charge in [0.15, 0.2) is 0 Å². The Kier molecular flexibility index (Phi) is 10.9. The Morgan fingerprint density at radius 3 is 2.73 bits per heavy atom. The molecule has 0 radical (unpaired) electrons. The van der Waals surface area contributed by atoms with Gasteiger partial charge in [-0.25, -0.2) is 4.39 Å². The van der Waals surface area contributed by atoms with Gasteiger partial charge in [0.25, 0.3) is 0 Å². The van der Waals surface area contributed by atoms with Gasteiger partial charge in [0, 0.05) is 32.2 Å². The molecule has 8 heteroatoms. The summed E-state index contributed by atoms with van der Waals surface area (Å²) in [6, 6.07) is 5.96. The summed E-state index contributed by atoms with van der Waals surface area (Å²) in [7, 11) is 0. The van der Waals surface area contributed by atoms with E-state index in [-0.39, 0.29) is 36.5 Å². The Morgan fingerprint density at radius 1 is 1.32 bits per heavy atom. The molecule has 0 aromatic heterocycles. The van der Waals surface area contributed by atoms with Crippen molar-refractivity contribution in [2.75, 3.05) is 45.9 Å². The van der Waals surface area contributed by atoms with E-state index >= 15 is 0 Å². The molecule has 1 fully saturated rings. The van der Waals surface area contributed by atoms with Crippen molar-refractivity contribution in [1.29, 1.82) is 0 Å². The summed E-state index contributed by atoms with van der Waals surface area (Å²) in [5, 5.41) is 6.03. The maximum absolute atomic E-state index is 12.9. The monoisotopic (exact) mass is 353 g/mol. The molecule has 2 rings (SSSR count). The number of halogens is 3. The Hall–Kier alpha value is -1.08. The molecular formula is C14H22Cl2FN3O2. The maximum Gasteiger partial charge on any atom is 0.234 e. The molecule has 0 atom stereocenters. The highest BCUT2D eigenvalue weighted by Gasteiger charge is 2.12. The van der Waals surface area contributed by atoms with Crippen LogP contribution >= 0.6 is 24.8 Å². The highest BCUT2D eigenvalue weighted by molar-refractivity contribution is 5.85. The third-order valence-electron chi connectivity index (χ3n) is 3.07. The van der Waals surface area contributed by atoms with E-state index < -0.39 is 0 Å². The number of amides is 1. The summed E-state index contributed by atoms with van der Waals surface area (Å²) in [4.78, 5) is 13.8. The predicted molar refractivity (Wildman–Crippen MR) is 88.7 cm³/mol. The van der Waals surface area contributed by atoms with Crippen LogP contribution in [0.25, 0.3) is 0 Å². The van der Waals surface area contributed by atoms with Crippen LogP contribution in [0.5, 0.6) is 5.75 Å². The van der Waals surface area contributed by atoms with Gasteiger partial charge in [-0.15, -0.1) is 24.8 Å². The van der Waals surface area contributed by atoms with Gasteiger partial charge in [0.05, 0.1) is 13.1 Å². The molecule has 0 unspecified atom stereocenters. The van der Waals surface area contributed by atoms with Gasteiger partial charge < -0.3 is 15.4 Å². The second kappa shape index (κ2) is 11.5. The molecule has 1 amide bonds. The Labute approximate surface area is 142 Å². The first-order valence-electron chi connectivity index (χ1n) is 6.82. The number of carbonyl (C=O) groups excluding carboxylic acids is 1. The molecule has 1 aliphatic rings. The number of hydrogen-bond acceptors (Lipinski definition) is 4. The average molecular weight is 354 g/mol. The van der Waals surface area contributed by atoms with Crippen molar-refractivity contribution >= 4 is 30.7 Å². The molecule has 1 saturated heterocycles. The Morgan fingerprint density at radius 2 is 2.05 bits per heavy atom. The van der Waals surface area contributed by atoms with E-state index in [0.29, 0.717) is 25.4 Å². The fraction of sp³-hybridized carbons (Fsp3) is 0.500. The number of carbonyl (C=O) groups is 1. The quantitative estimate of drug-likeness (QED) is 0.751. The standard InChI is InChI=1S/C14H20FN3O2.2ClH/c15-12-2-1-3-13(10-12)20-9-6-17-14(19)11-18-7-4-16-5-8-18;;/h1-3,10,16H,4-9,11H2,(H,17,19);2*1H. The molecule has 2 N–H and O–H groups in total.